The van der Waals surface area contributed by atoms with Crippen molar-refractivity contribution in [3.63, 3.8) is 0 Å². The van der Waals surface area contributed by atoms with Gasteiger partial charge in [0.05, 0.1) is 0 Å². The van der Waals surface area contributed by atoms with Crippen LogP contribution in [0.5, 0.6) is 0 Å². The largest absolute Gasteiger partial charge is 0.349 e. The molecule has 0 aromatic rings. The predicted octanol–water partition coefficient (Wildman–Crippen LogP) is 0.929. The highest BCUT2D eigenvalue weighted by atomic mass is 16.2. The number of hydrogen-bond donors (Lipinski definition) is 1. The Morgan fingerprint density at radius 1 is 1.41 bits per heavy atom. The third-order valence-corrected chi connectivity index (χ3v) is 3.53. The molecule has 0 saturated carbocycles. The maximum absolute atomic E-state index is 11.5. The van der Waals surface area contributed by atoms with Gasteiger partial charge >= 0.3 is 0 Å². The van der Waals surface area contributed by atoms with Crippen LogP contribution >= 0.6 is 0 Å². The second-order valence-corrected chi connectivity index (χ2v) is 5.02. The minimum Gasteiger partial charge on any atom is -0.349 e. The van der Waals surface area contributed by atoms with E-state index in [-0.39, 0.29) is 5.91 Å². The molecule has 0 aliphatic carbocycles. The molecule has 1 heterocycles. The Balaban J connectivity index is 2.24. The van der Waals surface area contributed by atoms with Gasteiger partial charge in [0, 0.05) is 33.1 Å². The first-order chi connectivity index (χ1) is 8.15. The highest BCUT2D eigenvalue weighted by Gasteiger charge is 2.19. The molecule has 1 aliphatic rings. The van der Waals surface area contributed by atoms with E-state index in [1.165, 1.54) is 12.8 Å². The number of amides is 1. The Morgan fingerprint density at radius 3 is 2.71 bits per heavy atom. The Morgan fingerprint density at radius 2 is 2.18 bits per heavy atom. The van der Waals surface area contributed by atoms with E-state index in [1.54, 1.807) is 4.90 Å². The summed E-state index contributed by atoms with van der Waals surface area (Å²) >= 11 is 0. The van der Waals surface area contributed by atoms with Crippen molar-refractivity contribution in [3.05, 3.63) is 0 Å². The molecule has 0 aromatic carbocycles. The molecule has 1 aliphatic heterocycles. The van der Waals surface area contributed by atoms with Gasteiger partial charge in [0.2, 0.25) is 5.91 Å². The normalized spacial score (nSPS) is 20.6. The van der Waals surface area contributed by atoms with E-state index >= 15 is 0 Å². The molecule has 0 bridgehead atoms. The minimum atomic E-state index is 0.239. The highest BCUT2D eigenvalue weighted by molar-refractivity contribution is 5.75. The monoisotopic (exact) mass is 241 g/mol. The summed E-state index contributed by atoms with van der Waals surface area (Å²) in [7, 11) is 3.65. The molecule has 1 amide bonds. The summed E-state index contributed by atoms with van der Waals surface area (Å²) < 4.78 is 0. The molecule has 1 N–H and O–H groups in total. The van der Waals surface area contributed by atoms with Crippen molar-refractivity contribution in [1.29, 1.82) is 0 Å². The Labute approximate surface area is 105 Å². The Kier molecular flexibility index (Phi) is 6.52. The molecule has 1 atom stereocenters. The topological polar surface area (TPSA) is 35.6 Å². The Hall–Kier alpha value is -0.610. The van der Waals surface area contributed by atoms with Crippen LogP contribution in [0.15, 0.2) is 0 Å². The van der Waals surface area contributed by atoms with Gasteiger partial charge in [0.1, 0.15) is 0 Å². The van der Waals surface area contributed by atoms with Crippen LogP contribution in [-0.4, -0.2) is 62.0 Å². The number of carbonyl (C=O) groups is 1. The molecule has 17 heavy (non-hydrogen) atoms. The van der Waals surface area contributed by atoms with Gasteiger partial charge in [0.25, 0.3) is 0 Å². The second-order valence-electron chi connectivity index (χ2n) is 5.02. The van der Waals surface area contributed by atoms with Crippen molar-refractivity contribution in [2.75, 3.05) is 40.3 Å². The Bertz CT molecular complexity index is 225. The van der Waals surface area contributed by atoms with Crippen molar-refractivity contribution in [2.45, 2.75) is 38.6 Å². The van der Waals surface area contributed by atoms with Crippen molar-refractivity contribution < 1.29 is 4.79 Å². The number of nitrogens with zero attached hydrogens (tertiary/aromatic N) is 2. The predicted molar refractivity (Wildman–Crippen MR) is 71.1 cm³/mol. The first-order valence-corrected chi connectivity index (χ1v) is 6.80. The van der Waals surface area contributed by atoms with Crippen LogP contribution in [0.1, 0.15) is 32.6 Å². The lowest BCUT2D eigenvalue weighted by Gasteiger charge is -2.33. The minimum absolute atomic E-state index is 0.239. The molecule has 0 spiro atoms. The number of carbonyl (C=O) groups excluding carboxylic acids is 1. The number of piperidine rings is 1. The van der Waals surface area contributed by atoms with Gasteiger partial charge in [-0.25, -0.2) is 0 Å². The summed E-state index contributed by atoms with van der Waals surface area (Å²) in [6.07, 6.45) is 4.21. The smallest absolute Gasteiger partial charge is 0.222 e. The lowest BCUT2D eigenvalue weighted by Crippen LogP contribution is -2.46. The van der Waals surface area contributed by atoms with Crippen LogP contribution < -0.4 is 5.32 Å². The van der Waals surface area contributed by atoms with Gasteiger partial charge in [-0.15, -0.1) is 0 Å². The first kappa shape index (κ1) is 14.5. The summed E-state index contributed by atoms with van der Waals surface area (Å²) in [5, 5.41) is 3.45. The summed E-state index contributed by atoms with van der Waals surface area (Å²) in [5.74, 6) is 0.239. The number of rotatable bonds is 6. The zero-order valence-corrected chi connectivity index (χ0v) is 11.5. The van der Waals surface area contributed by atoms with Crippen LogP contribution in [0.25, 0.3) is 0 Å². The van der Waals surface area contributed by atoms with Crippen LogP contribution in [0.4, 0.5) is 0 Å². The molecule has 1 fully saturated rings. The standard InChI is InChI=1S/C13H27N3O/c1-4-16(12-7-5-9-14-11-12)10-6-8-13(17)15(2)3/h12,14H,4-11H2,1-3H3. The summed E-state index contributed by atoms with van der Waals surface area (Å²) in [4.78, 5) is 15.7. The summed E-state index contributed by atoms with van der Waals surface area (Å²) in [6.45, 7) is 6.61. The molecule has 1 rings (SSSR count). The van der Waals surface area contributed by atoms with Gasteiger partial charge in [-0.2, -0.15) is 0 Å². The SMILES string of the molecule is CCN(CCCC(=O)N(C)C)C1CCCNC1. The van der Waals surface area contributed by atoms with E-state index in [1.807, 2.05) is 14.1 Å². The lowest BCUT2D eigenvalue weighted by atomic mass is 10.1. The lowest BCUT2D eigenvalue weighted by molar-refractivity contribution is -0.128. The van der Waals surface area contributed by atoms with E-state index in [9.17, 15) is 4.79 Å². The fraction of sp³-hybridized carbons (Fsp3) is 0.923. The van der Waals surface area contributed by atoms with Crippen LogP contribution in [0.3, 0.4) is 0 Å². The van der Waals surface area contributed by atoms with Gasteiger partial charge in [-0.1, -0.05) is 6.92 Å². The van der Waals surface area contributed by atoms with E-state index < -0.39 is 0 Å². The van der Waals surface area contributed by atoms with E-state index in [2.05, 4.69) is 17.1 Å². The molecule has 0 radical (unpaired) electrons. The zero-order chi connectivity index (χ0) is 12.7. The highest BCUT2D eigenvalue weighted by Crippen LogP contribution is 2.11. The molecular weight excluding hydrogens is 214 g/mol. The molecule has 4 nitrogen and oxygen atoms in total. The van der Waals surface area contributed by atoms with Gasteiger partial charge in [-0.05, 0) is 38.9 Å². The van der Waals surface area contributed by atoms with E-state index in [0.717, 1.165) is 32.6 Å². The van der Waals surface area contributed by atoms with Crippen LogP contribution in [-0.2, 0) is 4.79 Å². The maximum Gasteiger partial charge on any atom is 0.222 e. The quantitative estimate of drug-likeness (QED) is 0.751. The molecular formula is C13H27N3O. The van der Waals surface area contributed by atoms with Gasteiger partial charge < -0.3 is 10.2 Å². The molecule has 1 saturated heterocycles. The molecule has 4 heteroatoms. The van der Waals surface area contributed by atoms with E-state index in [4.69, 9.17) is 0 Å². The molecule has 0 aromatic heterocycles. The second kappa shape index (κ2) is 7.67. The van der Waals surface area contributed by atoms with Crippen LogP contribution in [0, 0.1) is 0 Å². The van der Waals surface area contributed by atoms with Crippen molar-refractivity contribution >= 4 is 5.91 Å². The van der Waals surface area contributed by atoms with Crippen molar-refractivity contribution in [3.8, 4) is 0 Å². The van der Waals surface area contributed by atoms with Gasteiger partial charge in [0.15, 0.2) is 0 Å². The van der Waals surface area contributed by atoms with Gasteiger partial charge in [-0.3, -0.25) is 9.69 Å². The number of hydrogen-bond acceptors (Lipinski definition) is 3. The maximum atomic E-state index is 11.5. The fourth-order valence-electron chi connectivity index (χ4n) is 2.40. The van der Waals surface area contributed by atoms with Crippen LogP contribution in [0.2, 0.25) is 0 Å². The van der Waals surface area contributed by atoms with E-state index in [0.29, 0.717) is 12.5 Å². The molecule has 100 valence electrons. The summed E-state index contributed by atoms with van der Waals surface area (Å²) in [6, 6.07) is 0.670. The van der Waals surface area contributed by atoms with Crippen molar-refractivity contribution in [1.82, 2.24) is 15.1 Å². The fourth-order valence-corrected chi connectivity index (χ4v) is 2.40. The third kappa shape index (κ3) is 5.04. The van der Waals surface area contributed by atoms with Crippen molar-refractivity contribution in [2.24, 2.45) is 0 Å². The summed E-state index contributed by atoms with van der Waals surface area (Å²) in [5.41, 5.74) is 0. The number of nitrogens with one attached hydrogen (secondary N) is 1. The average molecular weight is 241 g/mol. The molecule has 1 unspecified atom stereocenters. The first-order valence-electron chi connectivity index (χ1n) is 6.80. The number of likely N-dealkylation sites (N-methyl/N-ethyl adjacent to an activating group) is 1. The third-order valence-electron chi connectivity index (χ3n) is 3.53. The average Bonchev–Trinajstić information content (AvgIpc) is 2.35. The zero-order valence-electron chi connectivity index (χ0n) is 11.5.